The van der Waals surface area contributed by atoms with Crippen molar-refractivity contribution in [3.05, 3.63) is 33.4 Å². The molecule has 14 heavy (non-hydrogen) atoms. The molecule has 0 fully saturated rings. The fraction of sp³-hybridized carbons (Fsp3) is 0. The van der Waals surface area contributed by atoms with Crippen LogP contribution in [0.5, 0.6) is 5.75 Å². The Hall–Kier alpha value is -0.700. The van der Waals surface area contributed by atoms with Crippen molar-refractivity contribution < 1.29 is 5.11 Å². The summed E-state index contributed by atoms with van der Waals surface area (Å²) in [5.74, 6) is 0.0396. The molecule has 2 nitrogen and oxygen atoms in total. The molecule has 1 heterocycles. The highest BCUT2D eigenvalue weighted by molar-refractivity contribution is 6.50. The first-order valence-electron chi connectivity index (χ1n) is 3.72. The first-order valence-corrected chi connectivity index (χ1v) is 4.85. The number of aromatic hydroxyl groups is 1. The zero-order valence-corrected chi connectivity index (χ0v) is 9.03. The third-order valence-electron chi connectivity index (χ3n) is 1.81. The molecule has 0 unspecified atom stereocenters. The van der Waals surface area contributed by atoms with Gasteiger partial charge in [-0.25, -0.2) is 0 Å². The monoisotopic (exact) mass is 247 g/mol. The molecule has 0 aliphatic carbocycles. The summed E-state index contributed by atoms with van der Waals surface area (Å²) in [6, 6.07) is 3.09. The fourth-order valence-corrected chi connectivity index (χ4v) is 1.82. The highest BCUT2D eigenvalue weighted by Crippen LogP contribution is 2.36. The zero-order valence-electron chi connectivity index (χ0n) is 6.76. The average molecular weight is 248 g/mol. The number of fused-ring (bicyclic) bond motifs is 1. The summed E-state index contributed by atoms with van der Waals surface area (Å²) in [6.07, 6.45) is 1.32. The molecule has 0 saturated carbocycles. The van der Waals surface area contributed by atoms with Crippen LogP contribution in [0.2, 0.25) is 15.1 Å². The van der Waals surface area contributed by atoms with Crippen LogP contribution in [0, 0.1) is 0 Å². The molecule has 0 aliphatic rings. The molecule has 2 aromatic rings. The van der Waals surface area contributed by atoms with E-state index in [1.807, 2.05) is 0 Å². The largest absolute Gasteiger partial charge is 0.506 e. The van der Waals surface area contributed by atoms with Crippen molar-refractivity contribution in [1.82, 2.24) is 4.98 Å². The van der Waals surface area contributed by atoms with E-state index in [0.717, 1.165) is 0 Å². The second kappa shape index (κ2) is 3.46. The van der Waals surface area contributed by atoms with Gasteiger partial charge in [-0.3, -0.25) is 4.98 Å². The highest BCUT2D eigenvalue weighted by atomic mass is 35.5. The Bertz CT molecular complexity index is 513. The smallest absolute Gasteiger partial charge is 0.134 e. The van der Waals surface area contributed by atoms with Gasteiger partial charge < -0.3 is 5.11 Å². The van der Waals surface area contributed by atoms with E-state index < -0.39 is 0 Å². The van der Waals surface area contributed by atoms with Crippen LogP contribution in [0.25, 0.3) is 10.9 Å². The lowest BCUT2D eigenvalue weighted by molar-refractivity contribution is 0.474. The first-order chi connectivity index (χ1) is 6.59. The maximum absolute atomic E-state index is 9.22. The number of nitrogens with zero attached hydrogens (tertiary/aromatic N) is 1. The maximum atomic E-state index is 9.22. The first kappa shape index (κ1) is 9.84. The second-order valence-corrected chi connectivity index (χ2v) is 3.91. The van der Waals surface area contributed by atoms with Gasteiger partial charge in [-0.15, -0.1) is 0 Å². The van der Waals surface area contributed by atoms with Crippen LogP contribution in [-0.2, 0) is 0 Å². The van der Waals surface area contributed by atoms with Gasteiger partial charge in [-0.1, -0.05) is 34.8 Å². The number of hydrogen-bond donors (Lipinski definition) is 1. The maximum Gasteiger partial charge on any atom is 0.134 e. The third-order valence-corrected chi connectivity index (χ3v) is 3.08. The normalized spacial score (nSPS) is 10.8. The van der Waals surface area contributed by atoms with E-state index in [9.17, 15) is 5.11 Å². The molecule has 2 rings (SSSR count). The van der Waals surface area contributed by atoms with Gasteiger partial charge in [0.15, 0.2) is 0 Å². The molecule has 0 saturated heterocycles. The zero-order chi connectivity index (χ0) is 10.3. The summed E-state index contributed by atoms with van der Waals surface area (Å²) in [7, 11) is 0. The van der Waals surface area contributed by atoms with Crippen LogP contribution in [0.3, 0.4) is 0 Å². The van der Waals surface area contributed by atoms with E-state index in [2.05, 4.69) is 4.98 Å². The number of aromatic nitrogens is 1. The van der Waals surface area contributed by atoms with Crippen molar-refractivity contribution in [1.29, 1.82) is 0 Å². The minimum atomic E-state index is 0.0396. The second-order valence-electron chi connectivity index (χ2n) is 2.75. The summed E-state index contributed by atoms with van der Waals surface area (Å²) in [5, 5.41) is 10.7. The lowest BCUT2D eigenvalue weighted by Crippen LogP contribution is -1.81. The molecule has 0 bridgehead atoms. The van der Waals surface area contributed by atoms with Gasteiger partial charge in [0.05, 0.1) is 26.8 Å². The van der Waals surface area contributed by atoms with E-state index in [4.69, 9.17) is 34.8 Å². The van der Waals surface area contributed by atoms with Gasteiger partial charge >= 0.3 is 0 Å². The topological polar surface area (TPSA) is 33.1 Å². The predicted molar refractivity (Wildman–Crippen MR) is 58.4 cm³/mol. The summed E-state index contributed by atoms with van der Waals surface area (Å²) >= 11 is 17.6. The van der Waals surface area contributed by atoms with Crippen molar-refractivity contribution in [3.8, 4) is 5.75 Å². The number of pyridine rings is 1. The number of hydrogen-bond acceptors (Lipinski definition) is 2. The van der Waals surface area contributed by atoms with Gasteiger partial charge in [0.1, 0.15) is 5.75 Å². The molecular weight excluding hydrogens is 244 g/mol. The molecule has 1 N–H and O–H groups in total. The molecule has 0 radical (unpaired) electrons. The SMILES string of the molecule is Oc1cnc2cc(Cl)c(Cl)c(Cl)c2c1. The van der Waals surface area contributed by atoms with Gasteiger partial charge in [-0.2, -0.15) is 0 Å². The predicted octanol–water partition coefficient (Wildman–Crippen LogP) is 3.90. The molecule has 0 atom stereocenters. The minimum Gasteiger partial charge on any atom is -0.506 e. The Kier molecular flexibility index (Phi) is 2.43. The molecule has 0 amide bonds. The van der Waals surface area contributed by atoms with Crippen LogP contribution in [0.1, 0.15) is 0 Å². The lowest BCUT2D eigenvalue weighted by Gasteiger charge is -2.04. The van der Waals surface area contributed by atoms with E-state index in [0.29, 0.717) is 20.9 Å². The van der Waals surface area contributed by atoms with Crippen molar-refractivity contribution in [2.45, 2.75) is 0 Å². The number of rotatable bonds is 0. The highest BCUT2D eigenvalue weighted by Gasteiger charge is 2.09. The molecule has 1 aromatic heterocycles. The molecule has 0 aliphatic heterocycles. The number of halogens is 3. The summed E-state index contributed by atoms with van der Waals surface area (Å²) < 4.78 is 0. The molecule has 72 valence electrons. The Morgan fingerprint density at radius 1 is 1.07 bits per heavy atom. The van der Waals surface area contributed by atoms with Crippen LogP contribution in [-0.4, -0.2) is 10.1 Å². The molecular formula is C9H4Cl3NO. The standard InChI is InChI=1S/C9H4Cl3NO/c10-6-2-7-5(8(11)9(6)12)1-4(14)3-13-7/h1-3,14H. The van der Waals surface area contributed by atoms with Crippen LogP contribution < -0.4 is 0 Å². The van der Waals surface area contributed by atoms with Gasteiger partial charge in [0, 0.05) is 5.39 Å². The van der Waals surface area contributed by atoms with Crippen molar-refractivity contribution >= 4 is 45.7 Å². The number of benzene rings is 1. The lowest BCUT2D eigenvalue weighted by atomic mass is 10.2. The Morgan fingerprint density at radius 3 is 2.50 bits per heavy atom. The van der Waals surface area contributed by atoms with E-state index in [-0.39, 0.29) is 10.8 Å². The third kappa shape index (κ3) is 1.50. The summed E-state index contributed by atoms with van der Waals surface area (Å²) in [4.78, 5) is 3.97. The Morgan fingerprint density at radius 2 is 1.79 bits per heavy atom. The van der Waals surface area contributed by atoms with Crippen LogP contribution in [0.15, 0.2) is 18.3 Å². The average Bonchev–Trinajstić information content (AvgIpc) is 2.16. The van der Waals surface area contributed by atoms with E-state index in [1.165, 1.54) is 12.3 Å². The van der Waals surface area contributed by atoms with E-state index in [1.54, 1.807) is 6.07 Å². The molecule has 0 spiro atoms. The van der Waals surface area contributed by atoms with Crippen molar-refractivity contribution in [2.75, 3.05) is 0 Å². The van der Waals surface area contributed by atoms with Gasteiger partial charge in [0.25, 0.3) is 0 Å². The fourth-order valence-electron chi connectivity index (χ4n) is 1.16. The van der Waals surface area contributed by atoms with E-state index >= 15 is 0 Å². The summed E-state index contributed by atoms with van der Waals surface area (Å²) in [6.45, 7) is 0. The van der Waals surface area contributed by atoms with Gasteiger partial charge in [0.2, 0.25) is 0 Å². The molecule has 5 heteroatoms. The van der Waals surface area contributed by atoms with Gasteiger partial charge in [-0.05, 0) is 12.1 Å². The van der Waals surface area contributed by atoms with Crippen LogP contribution in [0.4, 0.5) is 0 Å². The van der Waals surface area contributed by atoms with Crippen molar-refractivity contribution in [2.24, 2.45) is 0 Å². The molecule has 1 aromatic carbocycles. The quantitative estimate of drug-likeness (QED) is 0.717. The summed E-state index contributed by atoms with van der Waals surface area (Å²) in [5.41, 5.74) is 0.599. The van der Waals surface area contributed by atoms with Crippen LogP contribution >= 0.6 is 34.8 Å². The van der Waals surface area contributed by atoms with Crippen molar-refractivity contribution in [3.63, 3.8) is 0 Å². The Balaban J connectivity index is 2.92. The Labute approximate surface area is 95.0 Å². The minimum absolute atomic E-state index is 0.0396.